The van der Waals surface area contributed by atoms with E-state index in [9.17, 15) is 9.59 Å². The summed E-state index contributed by atoms with van der Waals surface area (Å²) in [5.41, 5.74) is 1.31. The first-order valence-electron chi connectivity index (χ1n) is 7.09. The molecule has 0 spiro atoms. The van der Waals surface area contributed by atoms with E-state index in [0.29, 0.717) is 5.69 Å². The third kappa shape index (κ3) is 5.38. The lowest BCUT2D eigenvalue weighted by Gasteiger charge is -2.05. The number of carbonyl (C=O) groups is 2. The fourth-order valence-corrected chi connectivity index (χ4v) is 2.30. The van der Waals surface area contributed by atoms with E-state index in [1.54, 1.807) is 30.3 Å². The maximum absolute atomic E-state index is 12.0. The Morgan fingerprint density at radius 1 is 1.12 bits per heavy atom. The summed E-state index contributed by atoms with van der Waals surface area (Å²) in [7, 11) is 0. The minimum absolute atomic E-state index is 0.0738. The lowest BCUT2D eigenvalue weighted by molar-refractivity contribution is -0.127. The predicted octanol–water partition coefficient (Wildman–Crippen LogP) is 3.15. The second-order valence-electron chi connectivity index (χ2n) is 4.86. The third-order valence-electron chi connectivity index (χ3n) is 3.03. The van der Waals surface area contributed by atoms with Crippen LogP contribution in [0.15, 0.2) is 70.8 Å². The van der Waals surface area contributed by atoms with Gasteiger partial charge < -0.3 is 5.32 Å². The smallest absolute Gasteiger partial charge is 0.270 e. The van der Waals surface area contributed by atoms with Crippen molar-refractivity contribution >= 4 is 33.4 Å². The summed E-state index contributed by atoms with van der Waals surface area (Å²) in [6, 6.07) is 18.1. The average Bonchev–Trinajstić information content (AvgIpc) is 2.56. The van der Waals surface area contributed by atoms with Crippen LogP contribution in [0.2, 0.25) is 0 Å². The fraction of sp³-hybridized carbons (Fsp3) is 0.0556. The number of hydrogen-bond donors (Lipinski definition) is 2. The van der Waals surface area contributed by atoms with Crippen molar-refractivity contribution in [2.75, 3.05) is 5.32 Å². The molecule has 0 aliphatic carbocycles. The summed E-state index contributed by atoms with van der Waals surface area (Å²) in [6.07, 6.45) is 1.34. The van der Waals surface area contributed by atoms with E-state index in [4.69, 9.17) is 5.26 Å². The Morgan fingerprint density at radius 2 is 1.88 bits per heavy atom. The van der Waals surface area contributed by atoms with Gasteiger partial charge in [-0.05, 0) is 23.8 Å². The number of amides is 2. The summed E-state index contributed by atoms with van der Waals surface area (Å²) in [5.74, 6) is -1.20. The minimum Gasteiger partial charge on any atom is -0.360 e. The molecule has 2 amide bonds. The van der Waals surface area contributed by atoms with Gasteiger partial charge in [0.2, 0.25) is 5.91 Å². The predicted molar refractivity (Wildman–Crippen MR) is 94.8 cm³/mol. The van der Waals surface area contributed by atoms with Crippen molar-refractivity contribution in [2.24, 2.45) is 0 Å². The summed E-state index contributed by atoms with van der Waals surface area (Å²) in [5, 5.41) is 14.2. The molecule has 0 fully saturated rings. The van der Waals surface area contributed by atoms with Crippen molar-refractivity contribution in [3.05, 3.63) is 76.4 Å². The number of carbonyl (C=O) groups excluding carboxylic acids is 2. The first-order valence-corrected chi connectivity index (χ1v) is 7.88. The number of anilines is 1. The second kappa shape index (κ2) is 8.65. The molecule has 0 saturated carbocycles. The van der Waals surface area contributed by atoms with Crippen LogP contribution in [-0.2, 0) is 16.0 Å². The van der Waals surface area contributed by atoms with Crippen LogP contribution in [0.1, 0.15) is 5.56 Å². The molecular formula is C18H14BrN3O2. The van der Waals surface area contributed by atoms with Gasteiger partial charge in [0.25, 0.3) is 5.91 Å². The topological polar surface area (TPSA) is 82.0 Å². The number of hydrogen-bond acceptors (Lipinski definition) is 4. The van der Waals surface area contributed by atoms with Crippen molar-refractivity contribution in [1.29, 1.82) is 5.26 Å². The normalized spacial score (nSPS) is 10.6. The molecule has 0 aliphatic heterocycles. The Bertz CT molecular complexity index is 811. The van der Waals surface area contributed by atoms with Crippen LogP contribution in [0.4, 0.5) is 5.69 Å². The third-order valence-corrected chi connectivity index (χ3v) is 3.53. The number of nitrogens with zero attached hydrogens (tertiary/aromatic N) is 1. The quantitative estimate of drug-likeness (QED) is 0.613. The molecular weight excluding hydrogens is 370 g/mol. The largest absolute Gasteiger partial charge is 0.360 e. The van der Waals surface area contributed by atoms with Gasteiger partial charge in [-0.1, -0.05) is 52.3 Å². The molecule has 0 heterocycles. The zero-order valence-corrected chi connectivity index (χ0v) is 14.2. The van der Waals surface area contributed by atoms with E-state index in [-0.39, 0.29) is 12.0 Å². The van der Waals surface area contributed by atoms with E-state index in [2.05, 4.69) is 26.6 Å². The van der Waals surface area contributed by atoms with Crippen LogP contribution in [-0.4, -0.2) is 11.8 Å². The number of halogens is 1. The molecule has 2 rings (SSSR count). The molecule has 0 saturated heterocycles. The Morgan fingerprint density at radius 3 is 2.54 bits per heavy atom. The first-order chi connectivity index (χ1) is 11.6. The molecule has 2 aromatic rings. The van der Waals surface area contributed by atoms with E-state index in [1.165, 1.54) is 6.20 Å². The number of benzene rings is 2. The number of nitrogens with one attached hydrogen (secondary N) is 2. The van der Waals surface area contributed by atoms with Crippen molar-refractivity contribution in [2.45, 2.75) is 6.42 Å². The highest BCUT2D eigenvalue weighted by molar-refractivity contribution is 9.10. The van der Waals surface area contributed by atoms with E-state index >= 15 is 0 Å². The van der Waals surface area contributed by atoms with Gasteiger partial charge >= 0.3 is 0 Å². The Hall–Kier alpha value is -2.91. The molecule has 5 nitrogen and oxygen atoms in total. The van der Waals surface area contributed by atoms with Crippen LogP contribution >= 0.6 is 15.9 Å². The molecule has 0 atom stereocenters. The summed E-state index contributed by atoms with van der Waals surface area (Å²) in [6.45, 7) is 0. The zero-order chi connectivity index (χ0) is 17.4. The van der Waals surface area contributed by atoms with Gasteiger partial charge in [-0.3, -0.25) is 14.9 Å². The van der Waals surface area contributed by atoms with Gasteiger partial charge in [-0.2, -0.15) is 5.26 Å². The van der Waals surface area contributed by atoms with Crippen LogP contribution in [0.5, 0.6) is 0 Å². The van der Waals surface area contributed by atoms with E-state index in [1.807, 2.05) is 30.3 Å². The van der Waals surface area contributed by atoms with Crippen LogP contribution < -0.4 is 10.6 Å². The monoisotopic (exact) mass is 383 g/mol. The van der Waals surface area contributed by atoms with Crippen LogP contribution in [0.25, 0.3) is 0 Å². The Kier molecular flexibility index (Phi) is 6.29. The number of imide groups is 1. The lowest BCUT2D eigenvalue weighted by Crippen LogP contribution is -2.32. The molecule has 120 valence electrons. The minimum atomic E-state index is -0.735. The van der Waals surface area contributed by atoms with E-state index < -0.39 is 11.8 Å². The Balaban J connectivity index is 1.97. The molecule has 6 heteroatoms. The molecule has 0 aromatic heterocycles. The van der Waals surface area contributed by atoms with Crippen molar-refractivity contribution in [1.82, 2.24) is 5.32 Å². The van der Waals surface area contributed by atoms with Crippen molar-refractivity contribution in [3.8, 4) is 6.07 Å². The van der Waals surface area contributed by atoms with Crippen LogP contribution in [0.3, 0.4) is 0 Å². The molecule has 0 unspecified atom stereocenters. The maximum atomic E-state index is 12.0. The standard InChI is InChI=1S/C18H14BrN3O2/c19-15-7-4-8-16(10-15)21-12-14(11-20)18(24)22-17(23)9-13-5-2-1-3-6-13/h1-8,10,12,21H,9H2,(H,22,23,24)/b14-12+. The Labute approximate surface area is 148 Å². The second-order valence-corrected chi connectivity index (χ2v) is 5.78. The molecule has 0 radical (unpaired) electrons. The van der Waals surface area contributed by atoms with E-state index in [0.717, 1.165) is 10.0 Å². The number of rotatable bonds is 5. The molecule has 2 N–H and O–H groups in total. The van der Waals surface area contributed by atoms with Gasteiger partial charge in [0.05, 0.1) is 6.42 Å². The van der Waals surface area contributed by atoms with Gasteiger partial charge in [0.1, 0.15) is 11.6 Å². The van der Waals surface area contributed by atoms with Gasteiger partial charge in [-0.15, -0.1) is 0 Å². The van der Waals surface area contributed by atoms with Gasteiger partial charge in [0, 0.05) is 16.4 Å². The highest BCUT2D eigenvalue weighted by Crippen LogP contribution is 2.15. The first kappa shape index (κ1) is 17.4. The van der Waals surface area contributed by atoms with Crippen LogP contribution in [0, 0.1) is 11.3 Å². The summed E-state index contributed by atoms with van der Waals surface area (Å²) in [4.78, 5) is 23.9. The summed E-state index contributed by atoms with van der Waals surface area (Å²) >= 11 is 3.33. The lowest BCUT2D eigenvalue weighted by atomic mass is 10.1. The summed E-state index contributed by atoms with van der Waals surface area (Å²) < 4.78 is 0.863. The maximum Gasteiger partial charge on any atom is 0.270 e. The number of nitriles is 1. The fourth-order valence-electron chi connectivity index (χ4n) is 1.90. The van der Waals surface area contributed by atoms with Gasteiger partial charge in [0.15, 0.2) is 0 Å². The van der Waals surface area contributed by atoms with Gasteiger partial charge in [-0.25, -0.2) is 0 Å². The molecule has 0 bridgehead atoms. The SMILES string of the molecule is N#C/C(=C\Nc1cccc(Br)c1)C(=O)NC(=O)Cc1ccccc1. The zero-order valence-electron chi connectivity index (χ0n) is 12.6. The molecule has 0 aliphatic rings. The highest BCUT2D eigenvalue weighted by Gasteiger charge is 2.13. The molecule has 2 aromatic carbocycles. The highest BCUT2D eigenvalue weighted by atomic mass is 79.9. The molecule has 24 heavy (non-hydrogen) atoms. The van der Waals surface area contributed by atoms with Crippen molar-refractivity contribution in [3.63, 3.8) is 0 Å². The van der Waals surface area contributed by atoms with Crippen molar-refractivity contribution < 1.29 is 9.59 Å². The average molecular weight is 384 g/mol.